The maximum Gasteiger partial charge on any atom is 0.222 e. The van der Waals surface area contributed by atoms with Crippen molar-refractivity contribution in [1.82, 2.24) is 4.90 Å². The summed E-state index contributed by atoms with van der Waals surface area (Å²) in [4.78, 5) is 14.1. The Bertz CT molecular complexity index is 492. The Labute approximate surface area is 130 Å². The quantitative estimate of drug-likeness (QED) is 0.878. The topological polar surface area (TPSA) is 49.8 Å². The molecule has 0 bridgehead atoms. The molecule has 0 aromatic heterocycles. The second kappa shape index (κ2) is 7.66. The highest BCUT2D eigenvalue weighted by atomic mass is 35.5. The zero-order valence-corrected chi connectivity index (χ0v) is 13.1. The van der Waals surface area contributed by atoms with Crippen molar-refractivity contribution in [2.24, 2.45) is 5.92 Å². The molecule has 0 radical (unpaired) electrons. The van der Waals surface area contributed by atoms with E-state index in [9.17, 15) is 4.79 Å². The molecule has 1 aromatic carbocycles. The molecule has 4 nitrogen and oxygen atoms in total. The summed E-state index contributed by atoms with van der Waals surface area (Å²) in [6, 6.07) is 5.62. The molecule has 0 saturated carbocycles. The highest BCUT2D eigenvalue weighted by Crippen LogP contribution is 2.26. The van der Waals surface area contributed by atoms with E-state index in [1.807, 2.05) is 23.1 Å². The zero-order valence-electron chi connectivity index (χ0n) is 12.3. The van der Waals surface area contributed by atoms with Gasteiger partial charge in [0.1, 0.15) is 5.75 Å². The maximum absolute atomic E-state index is 12.2. The molecule has 1 fully saturated rings. The van der Waals surface area contributed by atoms with Crippen molar-refractivity contribution < 1.29 is 14.6 Å². The van der Waals surface area contributed by atoms with Crippen LogP contribution < -0.4 is 4.74 Å². The number of aliphatic hydroxyl groups is 1. The van der Waals surface area contributed by atoms with Crippen LogP contribution in [-0.4, -0.2) is 42.7 Å². The number of rotatable bonds is 6. The second-order valence-corrected chi connectivity index (χ2v) is 5.88. The number of halogens is 1. The summed E-state index contributed by atoms with van der Waals surface area (Å²) in [6.45, 7) is 1.80. The van der Waals surface area contributed by atoms with E-state index in [0.717, 1.165) is 31.5 Å². The van der Waals surface area contributed by atoms with Gasteiger partial charge in [-0.3, -0.25) is 4.79 Å². The van der Waals surface area contributed by atoms with Crippen LogP contribution in [-0.2, 0) is 11.2 Å². The van der Waals surface area contributed by atoms with Gasteiger partial charge in [-0.1, -0.05) is 17.7 Å². The molecule has 1 unspecified atom stereocenters. The number of carbonyl (C=O) groups is 1. The Kier molecular flexibility index (Phi) is 5.88. The highest BCUT2D eigenvalue weighted by Gasteiger charge is 2.25. The third-order valence-electron chi connectivity index (χ3n) is 4.02. The molecular formula is C16H22ClNO3. The minimum atomic E-state index is 0.183. The highest BCUT2D eigenvalue weighted by molar-refractivity contribution is 6.32. The third-order valence-corrected chi connectivity index (χ3v) is 4.32. The summed E-state index contributed by atoms with van der Waals surface area (Å²) < 4.78 is 5.11. The largest absolute Gasteiger partial charge is 0.495 e. The SMILES string of the molecule is COc1ccc(CCC(=O)N2CCC(CCO)C2)cc1Cl. The van der Waals surface area contributed by atoms with E-state index in [1.165, 1.54) is 0 Å². The Morgan fingerprint density at radius 1 is 1.52 bits per heavy atom. The zero-order chi connectivity index (χ0) is 15.2. The Morgan fingerprint density at radius 3 is 3.00 bits per heavy atom. The first-order chi connectivity index (χ1) is 10.1. The average molecular weight is 312 g/mol. The fourth-order valence-electron chi connectivity index (χ4n) is 2.75. The molecule has 116 valence electrons. The first-order valence-corrected chi connectivity index (χ1v) is 7.73. The van der Waals surface area contributed by atoms with Gasteiger partial charge < -0.3 is 14.7 Å². The Morgan fingerprint density at radius 2 is 2.33 bits per heavy atom. The molecule has 0 aliphatic carbocycles. The maximum atomic E-state index is 12.2. The standard InChI is InChI=1S/C16H22ClNO3/c1-21-15-4-2-12(10-14(15)17)3-5-16(20)18-8-6-13(11-18)7-9-19/h2,4,10,13,19H,3,5-9,11H2,1H3. The fraction of sp³-hybridized carbons (Fsp3) is 0.562. The lowest BCUT2D eigenvalue weighted by atomic mass is 10.1. The average Bonchev–Trinajstić information content (AvgIpc) is 2.94. The van der Waals surface area contributed by atoms with Crippen molar-refractivity contribution in [3.8, 4) is 5.75 Å². The molecular weight excluding hydrogens is 290 g/mol. The van der Waals surface area contributed by atoms with Crippen LogP contribution in [0, 0.1) is 5.92 Å². The van der Waals surface area contributed by atoms with Crippen molar-refractivity contribution in [3.05, 3.63) is 28.8 Å². The lowest BCUT2D eigenvalue weighted by Crippen LogP contribution is -2.29. The number of carbonyl (C=O) groups excluding carboxylic acids is 1. The second-order valence-electron chi connectivity index (χ2n) is 5.48. The van der Waals surface area contributed by atoms with Gasteiger partial charge in [-0.25, -0.2) is 0 Å². The number of methoxy groups -OCH3 is 1. The smallest absolute Gasteiger partial charge is 0.222 e. The molecule has 1 N–H and O–H groups in total. The number of aryl methyl sites for hydroxylation is 1. The predicted molar refractivity (Wildman–Crippen MR) is 82.7 cm³/mol. The van der Waals surface area contributed by atoms with Gasteiger partial charge in [0.2, 0.25) is 5.91 Å². The summed E-state index contributed by atoms with van der Waals surface area (Å²) in [6.07, 6.45) is 2.97. The van der Waals surface area contributed by atoms with Crippen LogP contribution in [0.1, 0.15) is 24.8 Å². The van der Waals surface area contributed by atoms with E-state index in [-0.39, 0.29) is 12.5 Å². The molecule has 1 saturated heterocycles. The molecule has 5 heteroatoms. The van der Waals surface area contributed by atoms with Gasteiger partial charge >= 0.3 is 0 Å². The van der Waals surface area contributed by atoms with E-state index >= 15 is 0 Å². The number of nitrogens with zero attached hydrogens (tertiary/aromatic N) is 1. The summed E-state index contributed by atoms with van der Waals surface area (Å²) >= 11 is 6.08. The monoisotopic (exact) mass is 311 g/mol. The summed E-state index contributed by atoms with van der Waals surface area (Å²) in [5, 5.41) is 9.52. The number of aliphatic hydroxyl groups excluding tert-OH is 1. The molecule has 1 aliphatic rings. The van der Waals surface area contributed by atoms with Gasteiger partial charge in [-0.15, -0.1) is 0 Å². The van der Waals surface area contributed by atoms with Crippen LogP contribution in [0.3, 0.4) is 0 Å². The number of likely N-dealkylation sites (tertiary alicyclic amines) is 1. The van der Waals surface area contributed by atoms with Gasteiger partial charge in [0.25, 0.3) is 0 Å². The van der Waals surface area contributed by atoms with E-state index in [0.29, 0.717) is 29.5 Å². The van der Waals surface area contributed by atoms with Crippen LogP contribution in [0.2, 0.25) is 5.02 Å². The van der Waals surface area contributed by atoms with Crippen LogP contribution >= 0.6 is 11.6 Å². The fourth-order valence-corrected chi connectivity index (χ4v) is 3.03. The first kappa shape index (κ1) is 16.1. The van der Waals surface area contributed by atoms with Gasteiger partial charge in [0.05, 0.1) is 12.1 Å². The number of amides is 1. The van der Waals surface area contributed by atoms with Crippen LogP contribution in [0.5, 0.6) is 5.75 Å². The Balaban J connectivity index is 1.83. The molecule has 2 rings (SSSR count). The van der Waals surface area contributed by atoms with Gasteiger partial charge in [-0.2, -0.15) is 0 Å². The van der Waals surface area contributed by atoms with Crippen molar-refractivity contribution in [2.45, 2.75) is 25.7 Å². The lowest BCUT2D eigenvalue weighted by Gasteiger charge is -2.16. The van der Waals surface area contributed by atoms with Crippen molar-refractivity contribution in [3.63, 3.8) is 0 Å². The van der Waals surface area contributed by atoms with Gasteiger partial charge in [-0.05, 0) is 42.9 Å². The number of hydrogen-bond acceptors (Lipinski definition) is 3. The first-order valence-electron chi connectivity index (χ1n) is 7.35. The predicted octanol–water partition coefficient (Wildman–Crippen LogP) is 2.51. The number of ether oxygens (including phenoxy) is 1. The van der Waals surface area contributed by atoms with Crippen molar-refractivity contribution >= 4 is 17.5 Å². The molecule has 1 aromatic rings. The van der Waals surface area contributed by atoms with E-state index in [2.05, 4.69) is 0 Å². The third kappa shape index (κ3) is 4.35. The number of hydrogen-bond donors (Lipinski definition) is 1. The van der Waals surface area contributed by atoms with Gasteiger partial charge in [0, 0.05) is 26.1 Å². The molecule has 1 atom stereocenters. The molecule has 0 spiro atoms. The lowest BCUT2D eigenvalue weighted by molar-refractivity contribution is -0.130. The van der Waals surface area contributed by atoms with Crippen molar-refractivity contribution in [2.75, 3.05) is 26.8 Å². The minimum absolute atomic E-state index is 0.183. The van der Waals surface area contributed by atoms with E-state index < -0.39 is 0 Å². The summed E-state index contributed by atoms with van der Waals surface area (Å²) in [5.74, 6) is 1.29. The summed E-state index contributed by atoms with van der Waals surface area (Å²) in [5.41, 5.74) is 1.04. The Hall–Kier alpha value is -1.26. The van der Waals surface area contributed by atoms with Crippen LogP contribution in [0.25, 0.3) is 0 Å². The minimum Gasteiger partial charge on any atom is -0.495 e. The molecule has 21 heavy (non-hydrogen) atoms. The van der Waals surface area contributed by atoms with Gasteiger partial charge in [0.15, 0.2) is 0 Å². The van der Waals surface area contributed by atoms with E-state index in [1.54, 1.807) is 7.11 Å². The number of benzene rings is 1. The van der Waals surface area contributed by atoms with Crippen LogP contribution in [0.15, 0.2) is 18.2 Å². The normalized spacial score (nSPS) is 18.0. The molecule has 1 aliphatic heterocycles. The van der Waals surface area contributed by atoms with Crippen molar-refractivity contribution in [1.29, 1.82) is 0 Å². The van der Waals surface area contributed by atoms with E-state index in [4.69, 9.17) is 21.4 Å². The molecule has 1 heterocycles. The summed E-state index contributed by atoms with van der Waals surface area (Å²) in [7, 11) is 1.58. The molecule has 1 amide bonds. The van der Waals surface area contributed by atoms with Crippen LogP contribution in [0.4, 0.5) is 0 Å².